The van der Waals surface area contributed by atoms with Crippen LogP contribution < -0.4 is 0 Å². The molecular weight excluding hydrogens is 278 g/mol. The second-order valence-corrected chi connectivity index (χ2v) is 6.65. The first kappa shape index (κ1) is 15.5. The summed E-state index contributed by atoms with van der Waals surface area (Å²) in [6.45, 7) is 5.56. The van der Waals surface area contributed by atoms with Crippen LogP contribution in [0.4, 0.5) is 0 Å². The molecule has 1 aliphatic heterocycles. The zero-order valence-electron chi connectivity index (χ0n) is 13.8. The first-order valence-electron chi connectivity index (χ1n) is 8.50. The molecule has 1 aliphatic carbocycles. The van der Waals surface area contributed by atoms with E-state index in [9.17, 15) is 4.79 Å². The topological polar surface area (TPSA) is 47.4 Å². The molecule has 0 aromatic carbocycles. The fourth-order valence-corrected chi connectivity index (χ4v) is 3.55. The lowest BCUT2D eigenvalue weighted by atomic mass is 9.84. The molecule has 1 saturated heterocycles. The molecule has 0 bridgehead atoms. The average molecular weight is 305 g/mol. The number of carbonyl (C=O) groups is 1. The lowest BCUT2D eigenvalue weighted by Gasteiger charge is -2.29. The number of amides is 1. The van der Waals surface area contributed by atoms with Gasteiger partial charge in [0.1, 0.15) is 5.82 Å². The van der Waals surface area contributed by atoms with E-state index in [1.807, 2.05) is 6.20 Å². The molecule has 2 fully saturated rings. The van der Waals surface area contributed by atoms with Crippen molar-refractivity contribution in [2.24, 2.45) is 5.92 Å². The van der Waals surface area contributed by atoms with E-state index in [0.29, 0.717) is 17.7 Å². The summed E-state index contributed by atoms with van der Waals surface area (Å²) in [7, 11) is 1.74. The van der Waals surface area contributed by atoms with Gasteiger partial charge in [-0.05, 0) is 32.6 Å². The van der Waals surface area contributed by atoms with Gasteiger partial charge in [-0.25, -0.2) is 4.98 Å². The van der Waals surface area contributed by atoms with Crippen molar-refractivity contribution in [3.63, 3.8) is 0 Å². The summed E-state index contributed by atoms with van der Waals surface area (Å²) < 4.78 is 7.46. The van der Waals surface area contributed by atoms with Crippen LogP contribution >= 0.6 is 0 Å². The smallest absolute Gasteiger partial charge is 0.225 e. The third kappa shape index (κ3) is 3.05. The first-order chi connectivity index (χ1) is 10.7. The molecule has 0 radical (unpaired) electrons. The number of rotatable bonds is 6. The van der Waals surface area contributed by atoms with Gasteiger partial charge in [0.05, 0.1) is 0 Å². The summed E-state index contributed by atoms with van der Waals surface area (Å²) in [4.78, 5) is 19.1. The molecule has 5 heteroatoms. The highest BCUT2D eigenvalue weighted by molar-refractivity contribution is 5.79. The Morgan fingerprint density at radius 3 is 2.91 bits per heavy atom. The normalized spacial score (nSPS) is 22.1. The first-order valence-corrected chi connectivity index (χ1v) is 8.50. The van der Waals surface area contributed by atoms with Crippen molar-refractivity contribution in [3.05, 3.63) is 17.7 Å². The van der Waals surface area contributed by atoms with E-state index in [-0.39, 0.29) is 0 Å². The van der Waals surface area contributed by atoms with E-state index in [2.05, 4.69) is 21.4 Å². The van der Waals surface area contributed by atoms with Crippen LogP contribution in [0.15, 0.2) is 6.20 Å². The summed E-state index contributed by atoms with van der Waals surface area (Å²) in [6, 6.07) is 0. The third-order valence-electron chi connectivity index (χ3n) is 5.14. The van der Waals surface area contributed by atoms with Crippen LogP contribution in [0.2, 0.25) is 0 Å². The molecule has 3 rings (SSSR count). The number of likely N-dealkylation sites (tertiary alicyclic amines) is 1. The van der Waals surface area contributed by atoms with Crippen molar-refractivity contribution in [3.8, 4) is 0 Å². The molecule has 5 nitrogen and oxygen atoms in total. The number of hydrogen-bond acceptors (Lipinski definition) is 3. The number of carbonyl (C=O) groups excluding carboxylic acids is 1. The minimum Gasteiger partial charge on any atom is -0.385 e. The molecule has 2 aliphatic rings. The van der Waals surface area contributed by atoms with Crippen molar-refractivity contribution in [2.75, 3.05) is 26.8 Å². The van der Waals surface area contributed by atoms with Crippen LogP contribution in [-0.4, -0.2) is 47.2 Å². The summed E-state index contributed by atoms with van der Waals surface area (Å²) in [5.74, 6) is 2.22. The van der Waals surface area contributed by atoms with E-state index in [1.165, 1.54) is 12.1 Å². The fourth-order valence-electron chi connectivity index (χ4n) is 3.55. The van der Waals surface area contributed by atoms with Gasteiger partial charge in [-0.3, -0.25) is 4.79 Å². The minimum atomic E-state index is 0.307. The van der Waals surface area contributed by atoms with E-state index in [0.717, 1.165) is 57.7 Å². The molecular formula is C17H27N3O2. The van der Waals surface area contributed by atoms with Crippen molar-refractivity contribution < 1.29 is 9.53 Å². The Kier molecular flexibility index (Phi) is 4.81. The monoisotopic (exact) mass is 305 g/mol. The quantitative estimate of drug-likeness (QED) is 0.758. The molecule has 1 atom stereocenters. The maximum atomic E-state index is 12.4. The molecule has 2 heterocycles. The standard InChI is InChI=1S/C17H27N3O2/c1-13-11-18-16(20(13)8-4-10-22-2)15-7-9-19(12-15)17(21)14-5-3-6-14/h11,14-15H,3-10,12H2,1-2H3. The van der Waals surface area contributed by atoms with Gasteiger partial charge in [0, 0.05) is 57.1 Å². The molecule has 122 valence electrons. The van der Waals surface area contributed by atoms with Gasteiger partial charge in [-0.1, -0.05) is 6.42 Å². The average Bonchev–Trinajstić information content (AvgIpc) is 3.05. The van der Waals surface area contributed by atoms with Gasteiger partial charge in [0.15, 0.2) is 0 Å². The van der Waals surface area contributed by atoms with Crippen LogP contribution in [0.3, 0.4) is 0 Å². The maximum absolute atomic E-state index is 12.4. The summed E-state index contributed by atoms with van der Waals surface area (Å²) in [5.41, 5.74) is 1.20. The molecule has 1 aromatic rings. The van der Waals surface area contributed by atoms with Crippen LogP contribution in [0.1, 0.15) is 49.5 Å². The van der Waals surface area contributed by atoms with Crippen molar-refractivity contribution >= 4 is 5.91 Å². The number of ether oxygens (including phenoxy) is 1. The highest BCUT2D eigenvalue weighted by atomic mass is 16.5. The fraction of sp³-hybridized carbons (Fsp3) is 0.765. The zero-order valence-corrected chi connectivity index (χ0v) is 13.8. The van der Waals surface area contributed by atoms with E-state index in [4.69, 9.17) is 4.74 Å². The SMILES string of the molecule is COCCCn1c(C)cnc1C1CCN(C(=O)C2CCC2)C1. The molecule has 0 N–H and O–H groups in total. The Balaban J connectivity index is 1.63. The molecule has 0 spiro atoms. The van der Waals surface area contributed by atoms with Crippen LogP contribution in [-0.2, 0) is 16.1 Å². The van der Waals surface area contributed by atoms with Crippen LogP contribution in [0.5, 0.6) is 0 Å². The zero-order chi connectivity index (χ0) is 15.5. The Morgan fingerprint density at radius 2 is 2.23 bits per heavy atom. The Morgan fingerprint density at radius 1 is 1.41 bits per heavy atom. The number of aromatic nitrogens is 2. The Bertz CT molecular complexity index is 522. The third-order valence-corrected chi connectivity index (χ3v) is 5.14. The van der Waals surface area contributed by atoms with Crippen molar-refractivity contribution in [1.82, 2.24) is 14.5 Å². The molecule has 1 aromatic heterocycles. The summed E-state index contributed by atoms with van der Waals surface area (Å²) in [6.07, 6.45) is 7.39. The number of nitrogens with zero attached hydrogens (tertiary/aromatic N) is 3. The number of methoxy groups -OCH3 is 1. The summed E-state index contributed by atoms with van der Waals surface area (Å²) >= 11 is 0. The summed E-state index contributed by atoms with van der Waals surface area (Å²) in [5, 5.41) is 0. The lowest BCUT2D eigenvalue weighted by Crippen LogP contribution is -2.37. The predicted molar refractivity (Wildman–Crippen MR) is 84.7 cm³/mol. The highest BCUT2D eigenvalue weighted by Gasteiger charge is 2.35. The highest BCUT2D eigenvalue weighted by Crippen LogP contribution is 2.33. The second-order valence-electron chi connectivity index (χ2n) is 6.65. The molecule has 1 unspecified atom stereocenters. The molecule has 1 amide bonds. The number of imidazole rings is 1. The van der Waals surface area contributed by atoms with Gasteiger partial charge in [0.25, 0.3) is 0 Å². The minimum absolute atomic E-state index is 0.307. The van der Waals surface area contributed by atoms with E-state index >= 15 is 0 Å². The van der Waals surface area contributed by atoms with Gasteiger partial charge in [-0.15, -0.1) is 0 Å². The largest absolute Gasteiger partial charge is 0.385 e. The second kappa shape index (κ2) is 6.82. The molecule has 1 saturated carbocycles. The lowest BCUT2D eigenvalue weighted by molar-refractivity contribution is -0.137. The maximum Gasteiger partial charge on any atom is 0.225 e. The van der Waals surface area contributed by atoms with Crippen molar-refractivity contribution in [2.45, 2.75) is 51.5 Å². The van der Waals surface area contributed by atoms with E-state index in [1.54, 1.807) is 7.11 Å². The number of aryl methyl sites for hydroxylation is 1. The van der Waals surface area contributed by atoms with Crippen LogP contribution in [0, 0.1) is 12.8 Å². The number of hydrogen-bond donors (Lipinski definition) is 0. The predicted octanol–water partition coefficient (Wildman–Crippen LogP) is 2.34. The Hall–Kier alpha value is -1.36. The van der Waals surface area contributed by atoms with Crippen molar-refractivity contribution in [1.29, 1.82) is 0 Å². The van der Waals surface area contributed by atoms with Gasteiger partial charge in [-0.2, -0.15) is 0 Å². The van der Waals surface area contributed by atoms with Gasteiger partial charge in [0.2, 0.25) is 5.91 Å². The Labute approximate surface area is 132 Å². The van der Waals surface area contributed by atoms with E-state index < -0.39 is 0 Å². The van der Waals surface area contributed by atoms with Crippen LogP contribution in [0.25, 0.3) is 0 Å². The van der Waals surface area contributed by atoms with Gasteiger partial charge < -0.3 is 14.2 Å². The molecule has 22 heavy (non-hydrogen) atoms. The van der Waals surface area contributed by atoms with Gasteiger partial charge >= 0.3 is 0 Å².